The van der Waals surface area contributed by atoms with Gasteiger partial charge in [-0.25, -0.2) is 4.79 Å². The Morgan fingerprint density at radius 3 is 2.59 bits per heavy atom. The highest BCUT2D eigenvalue weighted by molar-refractivity contribution is 5.94. The van der Waals surface area contributed by atoms with Crippen molar-refractivity contribution in [1.29, 1.82) is 0 Å². The molecule has 0 radical (unpaired) electrons. The fourth-order valence-electron chi connectivity index (χ4n) is 4.00. The van der Waals surface area contributed by atoms with Crippen molar-refractivity contribution in [3.8, 4) is 5.75 Å². The van der Waals surface area contributed by atoms with E-state index in [9.17, 15) is 14.7 Å². The number of phenolic OH excluding ortho intramolecular Hbond substituents is 1. The zero-order valence-electron chi connectivity index (χ0n) is 15.2. The number of fused-ring (bicyclic) bond motifs is 1. The van der Waals surface area contributed by atoms with E-state index in [2.05, 4.69) is 4.90 Å². The number of hydrogen-bond acceptors (Lipinski definition) is 6. The molecule has 3 aliphatic heterocycles. The van der Waals surface area contributed by atoms with Crippen LogP contribution in [0.25, 0.3) is 0 Å². The molecule has 8 heteroatoms. The molecule has 0 bridgehead atoms. The highest BCUT2D eigenvalue weighted by atomic mass is 16.6. The number of carbonyl (C=O) groups is 2. The molecule has 2 amide bonds. The number of hydrogen-bond donors (Lipinski definition) is 1. The van der Waals surface area contributed by atoms with Crippen LogP contribution in [-0.2, 0) is 9.47 Å². The van der Waals surface area contributed by atoms with Crippen molar-refractivity contribution < 1.29 is 24.2 Å². The standard InChI is InChI=1S/C19H25N3O5/c23-15-4-2-14(3-5-15)18(24)21-12-16-17(13-21)27-19(25)22(16)7-1-6-20-8-10-26-11-9-20/h2-5,16-17,23H,1,6-13H2/t16-,17+/m1/s1. The molecule has 0 aliphatic carbocycles. The second-order valence-electron chi connectivity index (χ2n) is 7.25. The van der Waals surface area contributed by atoms with Gasteiger partial charge in [-0.2, -0.15) is 0 Å². The maximum atomic E-state index is 12.7. The molecular formula is C19H25N3O5. The van der Waals surface area contributed by atoms with Gasteiger partial charge in [-0.05, 0) is 30.7 Å². The van der Waals surface area contributed by atoms with E-state index in [1.165, 1.54) is 12.1 Å². The molecule has 0 aromatic heterocycles. The predicted molar refractivity (Wildman–Crippen MR) is 96.6 cm³/mol. The van der Waals surface area contributed by atoms with E-state index in [1.807, 2.05) is 0 Å². The summed E-state index contributed by atoms with van der Waals surface area (Å²) >= 11 is 0. The smallest absolute Gasteiger partial charge is 0.410 e. The second kappa shape index (κ2) is 7.74. The average Bonchev–Trinajstić information content (AvgIpc) is 3.21. The molecule has 3 aliphatic rings. The molecule has 0 saturated carbocycles. The van der Waals surface area contributed by atoms with Crippen molar-refractivity contribution in [2.24, 2.45) is 0 Å². The van der Waals surface area contributed by atoms with E-state index in [1.54, 1.807) is 21.9 Å². The third-order valence-corrected chi connectivity index (χ3v) is 5.50. The molecule has 3 fully saturated rings. The number of rotatable bonds is 5. The van der Waals surface area contributed by atoms with Gasteiger partial charge in [0.15, 0.2) is 0 Å². The molecule has 4 rings (SSSR count). The summed E-state index contributed by atoms with van der Waals surface area (Å²) in [5.74, 6) is 0.0268. The van der Waals surface area contributed by atoms with Gasteiger partial charge in [0, 0.05) is 38.3 Å². The Morgan fingerprint density at radius 1 is 1.11 bits per heavy atom. The van der Waals surface area contributed by atoms with Gasteiger partial charge in [0.1, 0.15) is 11.9 Å². The Bertz CT molecular complexity index is 689. The van der Waals surface area contributed by atoms with Gasteiger partial charge in [0.2, 0.25) is 0 Å². The fraction of sp³-hybridized carbons (Fsp3) is 0.579. The first kappa shape index (κ1) is 18.1. The number of benzene rings is 1. The second-order valence-corrected chi connectivity index (χ2v) is 7.25. The Hall–Kier alpha value is -2.32. The maximum Gasteiger partial charge on any atom is 0.410 e. The van der Waals surface area contributed by atoms with Crippen LogP contribution in [0, 0.1) is 0 Å². The summed E-state index contributed by atoms with van der Waals surface area (Å²) < 4.78 is 10.8. The van der Waals surface area contributed by atoms with Gasteiger partial charge < -0.3 is 19.5 Å². The van der Waals surface area contributed by atoms with Crippen molar-refractivity contribution >= 4 is 12.0 Å². The van der Waals surface area contributed by atoms with Gasteiger partial charge in [-0.15, -0.1) is 0 Å². The summed E-state index contributed by atoms with van der Waals surface area (Å²) in [5, 5.41) is 9.38. The van der Waals surface area contributed by atoms with Crippen LogP contribution in [0.5, 0.6) is 5.75 Å². The van der Waals surface area contributed by atoms with Crippen LogP contribution in [0.15, 0.2) is 24.3 Å². The first-order valence-electron chi connectivity index (χ1n) is 9.47. The van der Waals surface area contributed by atoms with E-state index in [4.69, 9.17) is 9.47 Å². The van der Waals surface area contributed by atoms with E-state index in [-0.39, 0.29) is 29.9 Å². The SMILES string of the molecule is O=C(c1ccc(O)cc1)N1C[C@@H]2OC(=O)N(CCCN3CCOCC3)[C@@H]2C1. The lowest BCUT2D eigenvalue weighted by Crippen LogP contribution is -2.42. The normalized spacial score (nSPS) is 25.6. The van der Waals surface area contributed by atoms with Crippen LogP contribution >= 0.6 is 0 Å². The number of likely N-dealkylation sites (tertiary alicyclic amines) is 1. The zero-order valence-corrected chi connectivity index (χ0v) is 15.2. The van der Waals surface area contributed by atoms with Crippen LogP contribution < -0.4 is 0 Å². The van der Waals surface area contributed by atoms with E-state index in [0.717, 1.165) is 39.3 Å². The lowest BCUT2D eigenvalue weighted by molar-refractivity contribution is 0.0362. The topological polar surface area (TPSA) is 82.5 Å². The number of morpholine rings is 1. The monoisotopic (exact) mass is 375 g/mol. The summed E-state index contributed by atoms with van der Waals surface area (Å²) in [7, 11) is 0. The Balaban J connectivity index is 1.32. The predicted octanol–water partition coefficient (Wildman–Crippen LogP) is 0.760. The number of ether oxygens (including phenoxy) is 2. The van der Waals surface area contributed by atoms with Gasteiger partial charge in [0.05, 0.1) is 25.8 Å². The zero-order chi connectivity index (χ0) is 18.8. The van der Waals surface area contributed by atoms with Crippen molar-refractivity contribution in [2.75, 3.05) is 52.5 Å². The first-order chi connectivity index (χ1) is 13.1. The number of carbonyl (C=O) groups excluding carboxylic acids is 2. The quantitative estimate of drug-likeness (QED) is 0.818. The maximum absolute atomic E-state index is 12.7. The molecule has 1 aromatic carbocycles. The Morgan fingerprint density at radius 2 is 1.85 bits per heavy atom. The molecule has 8 nitrogen and oxygen atoms in total. The van der Waals surface area contributed by atoms with Crippen LogP contribution in [0.3, 0.4) is 0 Å². The molecule has 0 unspecified atom stereocenters. The minimum atomic E-state index is -0.274. The minimum Gasteiger partial charge on any atom is -0.508 e. The third-order valence-electron chi connectivity index (χ3n) is 5.50. The highest BCUT2D eigenvalue weighted by Gasteiger charge is 2.48. The van der Waals surface area contributed by atoms with E-state index < -0.39 is 0 Å². The molecule has 1 N–H and O–H groups in total. The minimum absolute atomic E-state index is 0.0803. The molecule has 0 spiro atoms. The van der Waals surface area contributed by atoms with Crippen molar-refractivity contribution in [2.45, 2.75) is 18.6 Å². The number of nitrogens with zero attached hydrogens (tertiary/aromatic N) is 3. The fourth-order valence-corrected chi connectivity index (χ4v) is 4.00. The molecule has 3 heterocycles. The molecule has 1 aromatic rings. The molecule has 146 valence electrons. The molecule has 3 saturated heterocycles. The van der Waals surface area contributed by atoms with Crippen LogP contribution in [-0.4, -0.2) is 96.4 Å². The number of amides is 2. The van der Waals surface area contributed by atoms with Gasteiger partial charge >= 0.3 is 6.09 Å². The molecule has 27 heavy (non-hydrogen) atoms. The Kier molecular flexibility index (Phi) is 5.18. The van der Waals surface area contributed by atoms with E-state index >= 15 is 0 Å². The highest BCUT2D eigenvalue weighted by Crippen LogP contribution is 2.28. The summed E-state index contributed by atoms with van der Waals surface area (Å²) in [6.45, 7) is 5.87. The van der Waals surface area contributed by atoms with Gasteiger partial charge in [0.25, 0.3) is 5.91 Å². The van der Waals surface area contributed by atoms with Crippen molar-refractivity contribution in [1.82, 2.24) is 14.7 Å². The van der Waals surface area contributed by atoms with Crippen molar-refractivity contribution in [3.05, 3.63) is 29.8 Å². The lowest BCUT2D eigenvalue weighted by atomic mass is 10.2. The van der Waals surface area contributed by atoms with Gasteiger partial charge in [-0.1, -0.05) is 0 Å². The van der Waals surface area contributed by atoms with Gasteiger partial charge in [-0.3, -0.25) is 14.6 Å². The summed E-state index contributed by atoms with van der Waals surface area (Å²) in [6.07, 6.45) is 0.343. The molecular weight excluding hydrogens is 350 g/mol. The van der Waals surface area contributed by atoms with Crippen molar-refractivity contribution in [3.63, 3.8) is 0 Å². The first-order valence-corrected chi connectivity index (χ1v) is 9.47. The van der Waals surface area contributed by atoms with Crippen LogP contribution in [0.2, 0.25) is 0 Å². The summed E-state index contributed by atoms with van der Waals surface area (Å²) in [4.78, 5) is 30.7. The Labute approximate surface area is 158 Å². The van der Waals surface area contributed by atoms with Crippen LogP contribution in [0.4, 0.5) is 4.79 Å². The third kappa shape index (κ3) is 3.86. The number of phenols is 1. The summed E-state index contributed by atoms with van der Waals surface area (Å²) in [6, 6.07) is 6.14. The molecule has 2 atom stereocenters. The number of aromatic hydroxyl groups is 1. The summed E-state index contributed by atoms with van der Waals surface area (Å²) in [5.41, 5.74) is 0.526. The van der Waals surface area contributed by atoms with E-state index in [0.29, 0.717) is 25.2 Å². The lowest BCUT2D eigenvalue weighted by Gasteiger charge is -2.28. The average molecular weight is 375 g/mol. The largest absolute Gasteiger partial charge is 0.508 e. The van der Waals surface area contributed by atoms with Crippen LogP contribution in [0.1, 0.15) is 16.8 Å².